The number of pyridine rings is 1. The highest BCUT2D eigenvalue weighted by Crippen LogP contribution is 2.38. The number of rotatable bonds is 4. The molecule has 5 heteroatoms. The van der Waals surface area contributed by atoms with E-state index >= 15 is 0 Å². The summed E-state index contributed by atoms with van der Waals surface area (Å²) >= 11 is 0. The molecule has 1 aliphatic heterocycles. The van der Waals surface area contributed by atoms with Gasteiger partial charge in [0.05, 0.1) is 5.52 Å². The quantitative estimate of drug-likeness (QED) is 0.939. The third-order valence-electron chi connectivity index (χ3n) is 4.08. The van der Waals surface area contributed by atoms with Crippen LogP contribution in [0, 0.1) is 6.92 Å². The van der Waals surface area contributed by atoms with Crippen molar-refractivity contribution in [1.29, 1.82) is 0 Å². The van der Waals surface area contributed by atoms with Gasteiger partial charge in [-0.2, -0.15) is 0 Å². The highest BCUT2D eigenvalue weighted by atomic mass is 16.5. The smallest absolute Gasteiger partial charge is 0.167 e. The summed E-state index contributed by atoms with van der Waals surface area (Å²) < 4.78 is 5.88. The van der Waals surface area contributed by atoms with E-state index in [1.54, 1.807) is 6.92 Å². The average Bonchev–Trinajstić information content (AvgIpc) is 2.81. The minimum atomic E-state index is 0.0222. The Kier molecular flexibility index (Phi) is 4.76. The van der Waals surface area contributed by atoms with Gasteiger partial charge in [-0.15, -0.1) is 0 Å². The van der Waals surface area contributed by atoms with E-state index in [4.69, 9.17) is 4.74 Å². The lowest BCUT2D eigenvalue weighted by Gasteiger charge is -2.27. The van der Waals surface area contributed by atoms with E-state index in [0.717, 1.165) is 60.5 Å². The SMILES string of the molecule is CC(=O)COc1c(C)cc2cccnc2c1N1CCCNCC1. The van der Waals surface area contributed by atoms with E-state index in [1.807, 2.05) is 19.2 Å². The fraction of sp³-hybridized carbons (Fsp3) is 0.444. The minimum Gasteiger partial charge on any atom is -0.483 e. The number of ether oxygens (including phenoxy) is 1. The second-order valence-corrected chi connectivity index (χ2v) is 6.03. The van der Waals surface area contributed by atoms with Gasteiger partial charge in [-0.1, -0.05) is 6.07 Å². The summed E-state index contributed by atoms with van der Waals surface area (Å²) in [6.07, 6.45) is 2.89. The predicted octanol–water partition coefficient (Wildman–Crippen LogP) is 2.31. The molecule has 5 nitrogen and oxygen atoms in total. The lowest BCUT2D eigenvalue weighted by molar-refractivity contribution is -0.118. The number of nitrogens with one attached hydrogen (secondary N) is 1. The summed E-state index contributed by atoms with van der Waals surface area (Å²) in [6.45, 7) is 7.50. The number of carbonyl (C=O) groups is 1. The molecule has 0 unspecified atom stereocenters. The zero-order valence-electron chi connectivity index (χ0n) is 13.8. The zero-order valence-corrected chi connectivity index (χ0v) is 13.8. The van der Waals surface area contributed by atoms with Crippen molar-refractivity contribution in [2.45, 2.75) is 20.3 Å². The Labute approximate surface area is 136 Å². The monoisotopic (exact) mass is 313 g/mol. The molecule has 23 heavy (non-hydrogen) atoms. The van der Waals surface area contributed by atoms with Crippen LogP contribution in [0.15, 0.2) is 24.4 Å². The van der Waals surface area contributed by atoms with Crippen LogP contribution in [0.1, 0.15) is 18.9 Å². The van der Waals surface area contributed by atoms with Gasteiger partial charge in [0, 0.05) is 31.2 Å². The van der Waals surface area contributed by atoms with Gasteiger partial charge in [-0.25, -0.2) is 0 Å². The lowest BCUT2D eigenvalue weighted by Crippen LogP contribution is -2.29. The van der Waals surface area contributed by atoms with Crippen molar-refractivity contribution < 1.29 is 9.53 Å². The fourth-order valence-corrected chi connectivity index (χ4v) is 3.04. The molecule has 1 N–H and O–H groups in total. The molecule has 0 aliphatic carbocycles. The molecule has 0 radical (unpaired) electrons. The maximum atomic E-state index is 11.4. The second-order valence-electron chi connectivity index (χ2n) is 6.03. The largest absolute Gasteiger partial charge is 0.483 e. The van der Waals surface area contributed by atoms with Crippen LogP contribution >= 0.6 is 0 Å². The van der Waals surface area contributed by atoms with Crippen LogP contribution < -0.4 is 15.0 Å². The van der Waals surface area contributed by atoms with Crippen molar-refractivity contribution in [3.05, 3.63) is 30.0 Å². The summed E-state index contributed by atoms with van der Waals surface area (Å²) in [6, 6.07) is 6.10. The average molecular weight is 313 g/mol. The second kappa shape index (κ2) is 6.96. The van der Waals surface area contributed by atoms with Gasteiger partial charge in [0.15, 0.2) is 5.78 Å². The summed E-state index contributed by atoms with van der Waals surface area (Å²) in [7, 11) is 0. The Morgan fingerprint density at radius 3 is 3.09 bits per heavy atom. The normalized spacial score (nSPS) is 15.5. The molecule has 1 fully saturated rings. The molecule has 3 rings (SSSR count). The number of benzene rings is 1. The highest BCUT2D eigenvalue weighted by molar-refractivity contribution is 5.95. The third-order valence-corrected chi connectivity index (χ3v) is 4.08. The van der Waals surface area contributed by atoms with Gasteiger partial charge in [0.25, 0.3) is 0 Å². The van der Waals surface area contributed by atoms with E-state index < -0.39 is 0 Å². The first-order chi connectivity index (χ1) is 11.2. The molecule has 1 saturated heterocycles. The summed E-state index contributed by atoms with van der Waals surface area (Å²) in [4.78, 5) is 18.3. The molecule has 0 amide bonds. The van der Waals surface area contributed by atoms with Crippen LogP contribution in [-0.2, 0) is 4.79 Å². The minimum absolute atomic E-state index is 0.0222. The first-order valence-electron chi connectivity index (χ1n) is 8.13. The van der Waals surface area contributed by atoms with Crippen molar-refractivity contribution in [2.75, 3.05) is 37.7 Å². The molecule has 2 aromatic rings. The first kappa shape index (κ1) is 15.7. The first-order valence-corrected chi connectivity index (χ1v) is 8.13. The summed E-state index contributed by atoms with van der Waals surface area (Å²) in [5.74, 6) is 0.808. The number of Topliss-reactive ketones (excluding diaryl/α,β-unsaturated/α-hetero) is 1. The molecule has 0 saturated carbocycles. The van der Waals surface area contributed by atoms with Crippen molar-refractivity contribution in [3.63, 3.8) is 0 Å². The highest BCUT2D eigenvalue weighted by Gasteiger charge is 2.21. The molecule has 2 heterocycles. The van der Waals surface area contributed by atoms with Gasteiger partial charge in [0.2, 0.25) is 0 Å². The standard InChI is InChI=1S/C18H23N3O2/c1-13-11-15-5-3-7-20-16(15)17(18(13)23-12-14(2)22)21-9-4-6-19-8-10-21/h3,5,7,11,19H,4,6,8-10,12H2,1-2H3. The van der Waals surface area contributed by atoms with E-state index in [9.17, 15) is 4.79 Å². The number of ketones is 1. The molecule has 0 spiro atoms. The molecule has 1 aromatic heterocycles. The van der Waals surface area contributed by atoms with Gasteiger partial charge < -0.3 is 15.0 Å². The summed E-state index contributed by atoms with van der Waals surface area (Å²) in [5.41, 5.74) is 3.00. The number of carbonyl (C=O) groups excluding carboxylic acids is 1. The number of aromatic nitrogens is 1. The van der Waals surface area contributed by atoms with E-state index in [2.05, 4.69) is 27.3 Å². The van der Waals surface area contributed by atoms with Crippen molar-refractivity contribution >= 4 is 22.4 Å². The number of anilines is 1. The Balaban J connectivity index is 2.12. The van der Waals surface area contributed by atoms with E-state index in [-0.39, 0.29) is 12.4 Å². The number of nitrogens with zero attached hydrogens (tertiary/aromatic N) is 2. The Morgan fingerprint density at radius 1 is 1.39 bits per heavy atom. The topological polar surface area (TPSA) is 54.5 Å². The van der Waals surface area contributed by atoms with E-state index in [1.165, 1.54) is 0 Å². The van der Waals surface area contributed by atoms with Gasteiger partial charge in [0.1, 0.15) is 18.0 Å². The Bertz CT molecular complexity index is 707. The molecule has 0 bridgehead atoms. The van der Waals surface area contributed by atoms with Crippen LogP contribution in [0.4, 0.5) is 5.69 Å². The van der Waals surface area contributed by atoms with Gasteiger partial charge in [-0.3, -0.25) is 9.78 Å². The number of aryl methyl sites for hydroxylation is 1. The molecule has 1 aromatic carbocycles. The Hall–Kier alpha value is -2.14. The van der Waals surface area contributed by atoms with Crippen LogP contribution in [0.2, 0.25) is 0 Å². The van der Waals surface area contributed by atoms with E-state index in [0.29, 0.717) is 0 Å². The van der Waals surface area contributed by atoms with Gasteiger partial charge >= 0.3 is 0 Å². The van der Waals surface area contributed by atoms with Crippen molar-refractivity contribution in [2.24, 2.45) is 0 Å². The Morgan fingerprint density at radius 2 is 2.26 bits per heavy atom. The van der Waals surface area contributed by atoms with Crippen LogP contribution in [0.3, 0.4) is 0 Å². The molecular formula is C18H23N3O2. The number of hydrogen-bond donors (Lipinski definition) is 1. The molecule has 0 atom stereocenters. The maximum Gasteiger partial charge on any atom is 0.167 e. The number of hydrogen-bond acceptors (Lipinski definition) is 5. The maximum absolute atomic E-state index is 11.4. The van der Waals surface area contributed by atoms with Crippen LogP contribution in [-0.4, -0.2) is 43.6 Å². The van der Waals surface area contributed by atoms with Crippen molar-refractivity contribution in [3.8, 4) is 5.75 Å². The van der Waals surface area contributed by atoms with Gasteiger partial charge in [-0.05, 0) is 44.5 Å². The van der Waals surface area contributed by atoms with Crippen LogP contribution in [0.5, 0.6) is 5.75 Å². The molecular weight excluding hydrogens is 290 g/mol. The predicted molar refractivity (Wildman–Crippen MR) is 92.4 cm³/mol. The van der Waals surface area contributed by atoms with Crippen LogP contribution in [0.25, 0.3) is 10.9 Å². The summed E-state index contributed by atoms with van der Waals surface area (Å²) in [5, 5.41) is 4.53. The lowest BCUT2D eigenvalue weighted by atomic mass is 10.1. The zero-order chi connectivity index (χ0) is 16.2. The van der Waals surface area contributed by atoms with Crippen molar-refractivity contribution in [1.82, 2.24) is 10.3 Å². The molecule has 1 aliphatic rings. The number of fused-ring (bicyclic) bond motifs is 1. The third kappa shape index (κ3) is 3.45. The fourth-order valence-electron chi connectivity index (χ4n) is 3.04. The molecule has 122 valence electrons.